The van der Waals surface area contributed by atoms with Crippen molar-refractivity contribution in [1.82, 2.24) is 4.98 Å². The molecule has 3 nitrogen and oxygen atoms in total. The molecule has 2 aromatic heterocycles. The molecule has 3 rings (SSSR count). The monoisotopic (exact) mass is 235 g/mol. The molecule has 0 radical (unpaired) electrons. The van der Waals surface area contributed by atoms with Crippen molar-refractivity contribution < 1.29 is 4.57 Å². The Labute approximate surface area is 97.7 Å². The first-order valence-electron chi connectivity index (χ1n) is 5.73. The molecule has 1 aliphatic rings. The zero-order chi connectivity index (χ0) is 11.3. The first kappa shape index (κ1) is 10.0. The minimum absolute atomic E-state index is 0.0880. The maximum absolute atomic E-state index is 12.0. The van der Waals surface area contributed by atoms with Crippen molar-refractivity contribution >= 4 is 21.6 Å². The Hall–Kier alpha value is -1.16. The van der Waals surface area contributed by atoms with Gasteiger partial charge in [-0.15, -0.1) is 0 Å². The largest absolute Gasteiger partial charge is 0.344 e. The average molecular weight is 235 g/mol. The Balaban J connectivity index is 2.47. The van der Waals surface area contributed by atoms with Crippen LogP contribution < -0.4 is 10.1 Å². The van der Waals surface area contributed by atoms with Crippen LogP contribution in [0.2, 0.25) is 0 Å². The molecule has 0 aliphatic carbocycles. The van der Waals surface area contributed by atoms with E-state index in [-0.39, 0.29) is 5.56 Å². The fraction of sp³-hybridized carbons (Fsp3) is 0.500. The van der Waals surface area contributed by atoms with Gasteiger partial charge in [0.25, 0.3) is 5.82 Å². The zero-order valence-corrected chi connectivity index (χ0v) is 10.4. The van der Waals surface area contributed by atoms with Crippen LogP contribution in [-0.4, -0.2) is 4.98 Å². The Bertz CT molecular complexity index is 624. The molecule has 0 saturated heterocycles. The van der Waals surface area contributed by atoms with E-state index in [1.165, 1.54) is 17.7 Å². The molecule has 84 valence electrons. The summed E-state index contributed by atoms with van der Waals surface area (Å²) < 4.78 is 2.30. The first-order chi connectivity index (χ1) is 7.68. The molecule has 4 heteroatoms. The fourth-order valence-corrected chi connectivity index (χ4v) is 3.65. The number of hydrogen-bond donors (Lipinski definition) is 1. The van der Waals surface area contributed by atoms with E-state index < -0.39 is 0 Å². The van der Waals surface area contributed by atoms with Crippen molar-refractivity contribution in [3.05, 3.63) is 26.6 Å². The van der Waals surface area contributed by atoms with Gasteiger partial charge in [-0.05, 0) is 32.3 Å². The molecule has 0 bridgehead atoms. The summed E-state index contributed by atoms with van der Waals surface area (Å²) in [5.41, 5.74) is 1.23. The third-order valence-corrected chi connectivity index (χ3v) is 4.70. The molecule has 0 atom stereocenters. The maximum atomic E-state index is 12.0. The molecule has 0 unspecified atom stereocenters. The van der Waals surface area contributed by atoms with E-state index in [0.29, 0.717) is 0 Å². The molecular weight excluding hydrogens is 220 g/mol. The normalized spacial score (nSPS) is 15.4. The highest BCUT2D eigenvalue weighted by atomic mass is 32.1. The van der Waals surface area contributed by atoms with Crippen molar-refractivity contribution in [2.75, 3.05) is 0 Å². The van der Waals surface area contributed by atoms with Gasteiger partial charge in [0.1, 0.15) is 5.39 Å². The number of aromatic amines is 1. The number of hydrogen-bond acceptors (Lipinski definition) is 2. The molecule has 0 aromatic carbocycles. The van der Waals surface area contributed by atoms with Crippen LogP contribution in [0, 0.1) is 13.8 Å². The minimum atomic E-state index is 0.0880. The second-order valence-electron chi connectivity index (χ2n) is 4.47. The van der Waals surface area contributed by atoms with Gasteiger partial charge in [-0.3, -0.25) is 0 Å². The number of H-pyrrole nitrogens is 1. The van der Waals surface area contributed by atoms with Crippen molar-refractivity contribution in [3.8, 4) is 0 Å². The highest BCUT2D eigenvalue weighted by molar-refractivity contribution is 7.18. The van der Waals surface area contributed by atoms with E-state index in [0.717, 1.165) is 34.6 Å². The van der Waals surface area contributed by atoms with Gasteiger partial charge in [0, 0.05) is 11.3 Å². The predicted octanol–water partition coefficient (Wildman–Crippen LogP) is 1.83. The lowest BCUT2D eigenvalue weighted by Gasteiger charge is -2.11. The number of nitrogens with one attached hydrogen (secondary N) is 1. The fourth-order valence-electron chi connectivity index (χ4n) is 2.45. The van der Waals surface area contributed by atoms with Crippen LogP contribution in [0.3, 0.4) is 0 Å². The van der Waals surface area contributed by atoms with E-state index in [2.05, 4.69) is 16.5 Å². The summed E-state index contributed by atoms with van der Waals surface area (Å²) in [6, 6.07) is 0. The number of nitrogens with zero attached hydrogens (tertiary/aromatic N) is 1. The smallest absolute Gasteiger partial charge is 0.241 e. The lowest BCUT2D eigenvalue weighted by molar-refractivity contribution is -0.685. The van der Waals surface area contributed by atoms with Gasteiger partial charge in [0.2, 0.25) is 0 Å². The van der Waals surface area contributed by atoms with Crippen LogP contribution in [0.1, 0.15) is 29.1 Å². The average Bonchev–Trinajstić information content (AvgIpc) is 2.57. The van der Waals surface area contributed by atoms with Crippen LogP contribution in [0.15, 0.2) is 4.79 Å². The molecule has 0 spiro atoms. The minimum Gasteiger partial charge on any atom is -0.241 e. The zero-order valence-electron chi connectivity index (χ0n) is 9.59. The summed E-state index contributed by atoms with van der Waals surface area (Å²) in [6.07, 6.45) is 3.40. The topological polar surface area (TPSA) is 36.7 Å². The van der Waals surface area contributed by atoms with E-state index >= 15 is 0 Å². The van der Waals surface area contributed by atoms with Gasteiger partial charge in [-0.2, -0.15) is 0 Å². The molecule has 16 heavy (non-hydrogen) atoms. The second kappa shape index (κ2) is 3.42. The van der Waals surface area contributed by atoms with Gasteiger partial charge >= 0.3 is 5.56 Å². The third kappa shape index (κ3) is 1.26. The summed E-state index contributed by atoms with van der Waals surface area (Å²) in [7, 11) is 0. The highest BCUT2D eigenvalue weighted by Crippen LogP contribution is 2.25. The van der Waals surface area contributed by atoms with Gasteiger partial charge in [-0.25, -0.2) is 14.3 Å². The molecule has 2 aromatic rings. The Kier molecular flexibility index (Phi) is 2.14. The lowest BCUT2D eigenvalue weighted by Crippen LogP contribution is -2.44. The number of aromatic nitrogens is 2. The van der Waals surface area contributed by atoms with Crippen molar-refractivity contribution in [2.45, 2.75) is 39.7 Å². The maximum Gasteiger partial charge on any atom is 0.344 e. The van der Waals surface area contributed by atoms with Gasteiger partial charge in [0.05, 0.1) is 6.54 Å². The van der Waals surface area contributed by atoms with Gasteiger partial charge < -0.3 is 0 Å². The van der Waals surface area contributed by atoms with E-state index in [1.807, 2.05) is 6.92 Å². The molecule has 1 aliphatic heterocycles. The molecule has 0 saturated carbocycles. The molecule has 0 fully saturated rings. The molecule has 3 heterocycles. The highest BCUT2D eigenvalue weighted by Gasteiger charge is 2.24. The quantitative estimate of drug-likeness (QED) is 0.695. The van der Waals surface area contributed by atoms with Gasteiger partial charge in [0.15, 0.2) is 4.83 Å². The van der Waals surface area contributed by atoms with Crippen LogP contribution >= 0.6 is 11.3 Å². The van der Waals surface area contributed by atoms with E-state index in [1.54, 1.807) is 11.3 Å². The van der Waals surface area contributed by atoms with Crippen LogP contribution in [0.25, 0.3) is 10.2 Å². The van der Waals surface area contributed by atoms with Crippen LogP contribution in [-0.2, 0) is 13.0 Å². The third-order valence-electron chi connectivity index (χ3n) is 3.47. The van der Waals surface area contributed by atoms with Crippen molar-refractivity contribution in [2.24, 2.45) is 0 Å². The SMILES string of the molecule is Cc1sc2c(c1C)c(=O)[nH]c1[n+]2CCCC1. The first-order valence-corrected chi connectivity index (χ1v) is 6.55. The number of rotatable bonds is 0. The Morgan fingerprint density at radius 3 is 2.94 bits per heavy atom. The predicted molar refractivity (Wildman–Crippen MR) is 65.1 cm³/mol. The van der Waals surface area contributed by atoms with Crippen molar-refractivity contribution in [1.29, 1.82) is 0 Å². The van der Waals surface area contributed by atoms with Crippen LogP contribution in [0.4, 0.5) is 0 Å². The summed E-state index contributed by atoms with van der Waals surface area (Å²) in [4.78, 5) is 17.5. The molecular formula is C12H15N2OS+. The molecule has 0 amide bonds. The second-order valence-corrected chi connectivity index (χ2v) is 5.68. The summed E-state index contributed by atoms with van der Waals surface area (Å²) in [6.45, 7) is 5.18. The standard InChI is InChI=1S/C12H14N2OS/c1-7-8(2)16-12-10(7)11(15)13-9-5-3-4-6-14(9)12/h3-6H2,1-2H3/p+1. The number of thiophene rings is 1. The van der Waals surface area contributed by atoms with Crippen LogP contribution in [0.5, 0.6) is 0 Å². The Morgan fingerprint density at radius 2 is 2.12 bits per heavy atom. The summed E-state index contributed by atoms with van der Waals surface area (Å²) >= 11 is 1.75. The number of aryl methyl sites for hydroxylation is 4. The van der Waals surface area contributed by atoms with Crippen molar-refractivity contribution in [3.63, 3.8) is 0 Å². The summed E-state index contributed by atoms with van der Waals surface area (Å²) in [5.74, 6) is 1.10. The Morgan fingerprint density at radius 1 is 1.31 bits per heavy atom. The summed E-state index contributed by atoms with van der Waals surface area (Å²) in [5, 5.41) is 0.896. The van der Waals surface area contributed by atoms with Gasteiger partial charge in [-0.1, -0.05) is 11.3 Å². The molecule has 1 N–H and O–H groups in total. The number of fused-ring (bicyclic) bond motifs is 3. The van der Waals surface area contributed by atoms with E-state index in [9.17, 15) is 4.79 Å². The van der Waals surface area contributed by atoms with E-state index in [4.69, 9.17) is 0 Å². The lowest BCUT2D eigenvalue weighted by atomic mass is 10.1.